The molecule has 0 atom stereocenters. The van der Waals surface area contributed by atoms with E-state index in [9.17, 15) is 0 Å². The second-order valence-corrected chi connectivity index (χ2v) is 5.97. The summed E-state index contributed by atoms with van der Waals surface area (Å²) in [5, 5.41) is 13.7. The van der Waals surface area contributed by atoms with Crippen molar-refractivity contribution >= 4 is 22.7 Å². The summed E-state index contributed by atoms with van der Waals surface area (Å²) in [6.07, 6.45) is 0. The summed E-state index contributed by atoms with van der Waals surface area (Å²) >= 11 is 0. The first-order valence-corrected chi connectivity index (χ1v) is 8.80. The van der Waals surface area contributed by atoms with E-state index in [1.807, 2.05) is 0 Å². The summed E-state index contributed by atoms with van der Waals surface area (Å²) in [7, 11) is 0. The Bertz CT molecular complexity index is 595. The van der Waals surface area contributed by atoms with Crippen LogP contribution in [-0.4, -0.2) is 26.2 Å². The molecule has 24 heavy (non-hydrogen) atoms. The fraction of sp³-hybridized carbons (Fsp3) is 0.400. The Labute approximate surface area is 146 Å². The lowest BCUT2D eigenvalue weighted by atomic mass is 10.1. The third-order valence-electron chi connectivity index (χ3n) is 3.97. The average molecular weight is 326 g/mol. The molecule has 0 saturated heterocycles. The average Bonchev–Trinajstić information content (AvgIpc) is 2.55. The third-order valence-corrected chi connectivity index (χ3v) is 3.97. The molecule has 2 aromatic carbocycles. The molecule has 0 aromatic heterocycles. The van der Waals surface area contributed by atoms with Gasteiger partial charge in [-0.15, -0.1) is 0 Å². The number of benzene rings is 2. The van der Waals surface area contributed by atoms with Gasteiger partial charge in [0.15, 0.2) is 0 Å². The first-order chi connectivity index (χ1) is 11.6. The molecule has 2 rings (SSSR count). The zero-order chi connectivity index (χ0) is 17.4. The van der Waals surface area contributed by atoms with E-state index < -0.39 is 0 Å². The number of hydrogen-bond donors (Lipinski definition) is 4. The molecule has 0 unspecified atom stereocenters. The van der Waals surface area contributed by atoms with Crippen molar-refractivity contribution in [1.82, 2.24) is 0 Å². The van der Waals surface area contributed by atoms with Crippen LogP contribution in [0.25, 0.3) is 0 Å². The molecule has 0 heterocycles. The van der Waals surface area contributed by atoms with Crippen LogP contribution >= 0.6 is 0 Å². The van der Waals surface area contributed by atoms with Gasteiger partial charge in [0.1, 0.15) is 0 Å². The normalized spacial score (nSPS) is 10.3. The molecule has 0 amide bonds. The lowest BCUT2D eigenvalue weighted by Crippen LogP contribution is -2.15. The Balaban J connectivity index is 1.82. The molecule has 4 nitrogen and oxygen atoms in total. The highest BCUT2D eigenvalue weighted by molar-refractivity contribution is 5.60. The Kier molecular flexibility index (Phi) is 6.79. The molecule has 2 aromatic rings. The van der Waals surface area contributed by atoms with Gasteiger partial charge in [-0.2, -0.15) is 0 Å². The topological polar surface area (TPSA) is 48.1 Å². The summed E-state index contributed by atoms with van der Waals surface area (Å²) < 4.78 is 0. The molecule has 0 aliphatic heterocycles. The Hall–Kier alpha value is -2.36. The van der Waals surface area contributed by atoms with Gasteiger partial charge < -0.3 is 21.3 Å². The van der Waals surface area contributed by atoms with Crippen molar-refractivity contribution in [2.45, 2.75) is 27.7 Å². The highest BCUT2D eigenvalue weighted by Gasteiger charge is 2.01. The summed E-state index contributed by atoms with van der Waals surface area (Å²) in [5.74, 6) is 0. The van der Waals surface area contributed by atoms with Crippen molar-refractivity contribution in [1.29, 1.82) is 0 Å². The van der Waals surface area contributed by atoms with Gasteiger partial charge in [0.05, 0.1) is 0 Å². The van der Waals surface area contributed by atoms with E-state index in [-0.39, 0.29) is 0 Å². The lowest BCUT2D eigenvalue weighted by molar-refractivity contribution is 1.07. The van der Waals surface area contributed by atoms with Gasteiger partial charge in [-0.05, 0) is 75.2 Å². The van der Waals surface area contributed by atoms with E-state index in [0.717, 1.165) is 26.2 Å². The van der Waals surface area contributed by atoms with E-state index in [2.05, 4.69) is 85.4 Å². The monoisotopic (exact) mass is 326 g/mol. The van der Waals surface area contributed by atoms with Crippen LogP contribution in [0.5, 0.6) is 0 Å². The molecule has 0 radical (unpaired) electrons. The zero-order valence-electron chi connectivity index (χ0n) is 15.3. The molecule has 0 fully saturated rings. The predicted molar refractivity (Wildman–Crippen MR) is 108 cm³/mol. The minimum atomic E-state index is 0.885. The second kappa shape index (κ2) is 9.06. The highest BCUT2D eigenvalue weighted by atomic mass is 15.0. The Morgan fingerprint density at radius 3 is 1.38 bits per heavy atom. The smallest absolute Gasteiger partial charge is 0.0372 e. The van der Waals surface area contributed by atoms with Crippen molar-refractivity contribution in [3.8, 4) is 0 Å². The van der Waals surface area contributed by atoms with Gasteiger partial charge >= 0.3 is 0 Å². The molecule has 4 N–H and O–H groups in total. The summed E-state index contributed by atoms with van der Waals surface area (Å²) in [6.45, 7) is 12.2. The molecule has 0 aliphatic rings. The van der Waals surface area contributed by atoms with Gasteiger partial charge in [-0.25, -0.2) is 0 Å². The second-order valence-electron chi connectivity index (χ2n) is 5.97. The largest absolute Gasteiger partial charge is 0.385 e. The Morgan fingerprint density at radius 1 is 0.625 bits per heavy atom. The van der Waals surface area contributed by atoms with Crippen LogP contribution in [0.15, 0.2) is 36.4 Å². The maximum atomic E-state index is 3.50. The standard InChI is InChI=1S/C20H30N4/c1-5-21-17-7-9-19(15(3)13-17)23-11-12-24-20-10-8-18(22-6-2)14-16(20)4/h7-10,13-14,21-24H,5-6,11-12H2,1-4H3. The van der Waals surface area contributed by atoms with Crippen LogP contribution in [0.2, 0.25) is 0 Å². The molecular formula is C20H30N4. The van der Waals surface area contributed by atoms with Gasteiger partial charge in [0.2, 0.25) is 0 Å². The molecular weight excluding hydrogens is 296 g/mol. The molecule has 0 bridgehead atoms. The Morgan fingerprint density at radius 2 is 1.04 bits per heavy atom. The number of rotatable bonds is 9. The quantitative estimate of drug-likeness (QED) is 0.505. The number of aryl methyl sites for hydroxylation is 2. The van der Waals surface area contributed by atoms with Crippen molar-refractivity contribution in [3.05, 3.63) is 47.5 Å². The van der Waals surface area contributed by atoms with Gasteiger partial charge in [0.25, 0.3) is 0 Å². The first-order valence-electron chi connectivity index (χ1n) is 8.80. The van der Waals surface area contributed by atoms with Crippen molar-refractivity contribution < 1.29 is 0 Å². The number of hydrogen-bond acceptors (Lipinski definition) is 4. The zero-order valence-corrected chi connectivity index (χ0v) is 15.3. The minimum Gasteiger partial charge on any atom is -0.385 e. The molecule has 0 spiro atoms. The third kappa shape index (κ3) is 5.08. The molecule has 130 valence electrons. The van der Waals surface area contributed by atoms with Gasteiger partial charge in [-0.1, -0.05) is 0 Å². The highest BCUT2D eigenvalue weighted by Crippen LogP contribution is 2.21. The van der Waals surface area contributed by atoms with Gasteiger partial charge in [0, 0.05) is 48.9 Å². The summed E-state index contributed by atoms with van der Waals surface area (Å²) in [4.78, 5) is 0. The van der Waals surface area contributed by atoms with Crippen LogP contribution in [0.4, 0.5) is 22.7 Å². The number of nitrogens with one attached hydrogen (secondary N) is 4. The maximum absolute atomic E-state index is 3.50. The van der Waals surface area contributed by atoms with E-state index in [1.165, 1.54) is 33.9 Å². The van der Waals surface area contributed by atoms with E-state index in [0.29, 0.717) is 0 Å². The van der Waals surface area contributed by atoms with Gasteiger partial charge in [-0.3, -0.25) is 0 Å². The van der Waals surface area contributed by atoms with E-state index >= 15 is 0 Å². The van der Waals surface area contributed by atoms with Crippen LogP contribution in [0.1, 0.15) is 25.0 Å². The molecule has 0 saturated carbocycles. The van der Waals surface area contributed by atoms with Crippen LogP contribution in [-0.2, 0) is 0 Å². The fourth-order valence-corrected chi connectivity index (χ4v) is 2.75. The summed E-state index contributed by atoms with van der Waals surface area (Å²) in [6, 6.07) is 12.9. The van der Waals surface area contributed by atoms with E-state index in [4.69, 9.17) is 0 Å². The van der Waals surface area contributed by atoms with Crippen molar-refractivity contribution in [2.75, 3.05) is 47.4 Å². The van der Waals surface area contributed by atoms with Crippen LogP contribution < -0.4 is 21.3 Å². The maximum Gasteiger partial charge on any atom is 0.0372 e. The molecule has 4 heteroatoms. The summed E-state index contributed by atoms with van der Waals surface area (Å²) in [5.41, 5.74) is 7.26. The van der Waals surface area contributed by atoms with E-state index in [1.54, 1.807) is 0 Å². The number of anilines is 4. The van der Waals surface area contributed by atoms with Crippen LogP contribution in [0.3, 0.4) is 0 Å². The SMILES string of the molecule is CCNc1ccc(NCCNc2ccc(NCC)cc2C)c(C)c1. The first kappa shape index (κ1) is 18.0. The minimum absolute atomic E-state index is 0.885. The van der Waals surface area contributed by atoms with Crippen LogP contribution in [0, 0.1) is 13.8 Å². The predicted octanol–water partition coefficient (Wildman–Crippen LogP) is 4.69. The lowest BCUT2D eigenvalue weighted by Gasteiger charge is -2.14. The molecule has 0 aliphatic carbocycles. The fourth-order valence-electron chi connectivity index (χ4n) is 2.75. The van der Waals surface area contributed by atoms with Crippen molar-refractivity contribution in [2.24, 2.45) is 0 Å². The van der Waals surface area contributed by atoms with Crippen molar-refractivity contribution in [3.63, 3.8) is 0 Å².